The Morgan fingerprint density at radius 2 is 1.80 bits per heavy atom. The minimum Gasteiger partial charge on any atom is -0.398 e. The fourth-order valence-electron chi connectivity index (χ4n) is 2.94. The van der Waals surface area contributed by atoms with Crippen molar-refractivity contribution in [3.05, 3.63) is 101 Å². The molecular weight excluding hydrogens is 403 g/mol. The number of ketones is 1. The van der Waals surface area contributed by atoms with Gasteiger partial charge in [0.25, 0.3) is 0 Å². The minimum absolute atomic E-state index is 0.291. The Hall–Kier alpha value is -3.77. The molecular formula is C23H16ClFN4O. The van der Waals surface area contributed by atoms with Gasteiger partial charge < -0.3 is 11.1 Å². The largest absolute Gasteiger partial charge is 0.398 e. The molecule has 4 aromatic rings. The molecule has 4 rings (SSSR count). The lowest BCUT2D eigenvalue weighted by molar-refractivity contribution is 0.103. The van der Waals surface area contributed by atoms with E-state index in [1.807, 2.05) is 12.1 Å². The van der Waals surface area contributed by atoms with Gasteiger partial charge >= 0.3 is 0 Å². The van der Waals surface area contributed by atoms with Crippen molar-refractivity contribution in [3.63, 3.8) is 0 Å². The molecule has 0 aliphatic carbocycles. The van der Waals surface area contributed by atoms with Gasteiger partial charge in [0.05, 0.1) is 5.69 Å². The van der Waals surface area contributed by atoms with Crippen molar-refractivity contribution >= 4 is 34.7 Å². The second-order valence-electron chi connectivity index (χ2n) is 6.54. The molecule has 5 nitrogen and oxygen atoms in total. The van der Waals surface area contributed by atoms with Crippen LogP contribution in [0.5, 0.6) is 0 Å². The van der Waals surface area contributed by atoms with Crippen LogP contribution in [0.4, 0.5) is 21.7 Å². The monoisotopic (exact) mass is 418 g/mol. The molecule has 1 heterocycles. The number of rotatable bonds is 5. The molecule has 3 N–H and O–H groups in total. The van der Waals surface area contributed by atoms with E-state index in [9.17, 15) is 9.18 Å². The molecule has 1 aromatic heterocycles. The molecule has 0 atom stereocenters. The Morgan fingerprint density at radius 1 is 1.00 bits per heavy atom. The van der Waals surface area contributed by atoms with E-state index in [1.54, 1.807) is 42.6 Å². The molecule has 0 saturated heterocycles. The molecule has 0 fully saturated rings. The van der Waals surface area contributed by atoms with Crippen molar-refractivity contribution in [1.29, 1.82) is 0 Å². The smallest absolute Gasteiger partial charge is 0.227 e. The number of aromatic nitrogens is 2. The van der Waals surface area contributed by atoms with Gasteiger partial charge in [0, 0.05) is 39.3 Å². The molecule has 0 unspecified atom stereocenters. The first kappa shape index (κ1) is 19.5. The Morgan fingerprint density at radius 3 is 2.57 bits per heavy atom. The Bertz CT molecular complexity index is 1230. The summed E-state index contributed by atoms with van der Waals surface area (Å²) in [6, 6.07) is 19.4. The number of nitrogens with zero attached hydrogens (tertiary/aromatic N) is 2. The van der Waals surface area contributed by atoms with Crippen LogP contribution in [0.25, 0.3) is 11.3 Å². The van der Waals surface area contributed by atoms with Crippen molar-refractivity contribution < 1.29 is 9.18 Å². The van der Waals surface area contributed by atoms with E-state index in [0.717, 1.165) is 5.69 Å². The van der Waals surface area contributed by atoms with Gasteiger partial charge in [0.2, 0.25) is 5.95 Å². The average Bonchev–Trinajstić information content (AvgIpc) is 2.74. The zero-order valence-electron chi connectivity index (χ0n) is 15.6. The van der Waals surface area contributed by atoms with Crippen LogP contribution >= 0.6 is 11.6 Å². The van der Waals surface area contributed by atoms with Gasteiger partial charge in [-0.2, -0.15) is 0 Å². The van der Waals surface area contributed by atoms with Gasteiger partial charge in [-0.3, -0.25) is 4.79 Å². The summed E-state index contributed by atoms with van der Waals surface area (Å²) in [6.07, 6.45) is 1.62. The van der Waals surface area contributed by atoms with E-state index in [0.29, 0.717) is 39.0 Å². The molecule has 30 heavy (non-hydrogen) atoms. The van der Waals surface area contributed by atoms with Gasteiger partial charge in [-0.25, -0.2) is 14.4 Å². The molecule has 0 aliphatic heterocycles. The van der Waals surface area contributed by atoms with Crippen LogP contribution in [-0.4, -0.2) is 15.8 Å². The van der Waals surface area contributed by atoms with Crippen LogP contribution in [-0.2, 0) is 0 Å². The molecule has 7 heteroatoms. The van der Waals surface area contributed by atoms with Crippen LogP contribution in [0.2, 0.25) is 5.02 Å². The summed E-state index contributed by atoms with van der Waals surface area (Å²) in [5, 5.41) is 3.70. The summed E-state index contributed by atoms with van der Waals surface area (Å²) in [6.45, 7) is 0. The summed E-state index contributed by atoms with van der Waals surface area (Å²) < 4.78 is 13.2. The maximum atomic E-state index is 13.2. The van der Waals surface area contributed by atoms with E-state index < -0.39 is 5.82 Å². The van der Waals surface area contributed by atoms with Gasteiger partial charge in [0.15, 0.2) is 5.78 Å². The maximum Gasteiger partial charge on any atom is 0.227 e. The first-order valence-corrected chi connectivity index (χ1v) is 9.43. The number of halogens is 2. The minimum atomic E-state index is -0.408. The van der Waals surface area contributed by atoms with Crippen molar-refractivity contribution in [1.82, 2.24) is 9.97 Å². The molecule has 3 aromatic carbocycles. The third-order valence-electron chi connectivity index (χ3n) is 4.44. The maximum absolute atomic E-state index is 13.2. The lowest BCUT2D eigenvalue weighted by atomic mass is 9.98. The molecule has 0 spiro atoms. The average molecular weight is 419 g/mol. The van der Waals surface area contributed by atoms with Gasteiger partial charge in [-0.15, -0.1) is 0 Å². The quantitative estimate of drug-likeness (QED) is 0.330. The molecule has 0 radical (unpaired) electrons. The van der Waals surface area contributed by atoms with Crippen molar-refractivity contribution in [2.75, 3.05) is 11.1 Å². The SMILES string of the molecule is Nc1ccc(-c2ccnc(Nc3cccc(Cl)c3)n2)cc1C(=O)c1ccc(F)cc1. The highest BCUT2D eigenvalue weighted by Crippen LogP contribution is 2.26. The van der Waals surface area contributed by atoms with Crippen molar-refractivity contribution in [2.45, 2.75) is 0 Å². The number of nitrogens with two attached hydrogens (primary N) is 1. The summed E-state index contributed by atoms with van der Waals surface area (Å²) in [5.41, 5.74) is 9.10. The molecule has 148 valence electrons. The van der Waals surface area contributed by atoms with Crippen LogP contribution < -0.4 is 11.1 Å². The second kappa shape index (κ2) is 8.31. The van der Waals surface area contributed by atoms with Crippen LogP contribution in [0.15, 0.2) is 79.0 Å². The predicted molar refractivity (Wildman–Crippen MR) is 116 cm³/mol. The van der Waals surface area contributed by atoms with Crippen molar-refractivity contribution in [2.24, 2.45) is 0 Å². The van der Waals surface area contributed by atoms with Crippen LogP contribution in [0.1, 0.15) is 15.9 Å². The fourth-order valence-corrected chi connectivity index (χ4v) is 3.13. The Labute approximate surface area is 177 Å². The van der Waals surface area contributed by atoms with Gasteiger partial charge in [-0.05, 0) is 60.7 Å². The highest BCUT2D eigenvalue weighted by Gasteiger charge is 2.14. The number of carbonyl (C=O) groups excluding carboxylic acids is 1. The number of nitrogen functional groups attached to an aromatic ring is 1. The first-order valence-electron chi connectivity index (χ1n) is 9.05. The number of anilines is 3. The number of hydrogen-bond acceptors (Lipinski definition) is 5. The number of carbonyl (C=O) groups is 1. The molecule has 0 bridgehead atoms. The van der Waals surface area contributed by atoms with Crippen LogP contribution in [0, 0.1) is 5.82 Å². The van der Waals surface area contributed by atoms with E-state index in [1.165, 1.54) is 24.3 Å². The summed E-state index contributed by atoms with van der Waals surface area (Å²) in [4.78, 5) is 21.6. The predicted octanol–water partition coefficient (Wildman–Crippen LogP) is 5.49. The second-order valence-corrected chi connectivity index (χ2v) is 6.98. The van der Waals surface area contributed by atoms with E-state index in [2.05, 4.69) is 15.3 Å². The standard InChI is InChI=1S/C23H16ClFN4O/c24-16-2-1-3-18(13-16)28-23-27-11-10-21(29-23)15-6-9-20(26)19(12-15)22(30)14-4-7-17(25)8-5-14/h1-13H,26H2,(H,27,28,29). The fraction of sp³-hybridized carbons (Fsp3) is 0. The molecule has 0 saturated carbocycles. The first-order chi connectivity index (χ1) is 14.5. The zero-order valence-corrected chi connectivity index (χ0v) is 16.4. The Balaban J connectivity index is 1.65. The summed E-state index contributed by atoms with van der Waals surface area (Å²) >= 11 is 6.01. The lowest BCUT2D eigenvalue weighted by Gasteiger charge is -2.10. The van der Waals surface area contributed by atoms with E-state index in [4.69, 9.17) is 17.3 Å². The lowest BCUT2D eigenvalue weighted by Crippen LogP contribution is -2.06. The van der Waals surface area contributed by atoms with Crippen molar-refractivity contribution in [3.8, 4) is 11.3 Å². The number of benzene rings is 3. The zero-order chi connectivity index (χ0) is 21.1. The molecule has 0 aliphatic rings. The third kappa shape index (κ3) is 4.29. The van der Waals surface area contributed by atoms with Crippen LogP contribution in [0.3, 0.4) is 0 Å². The molecule has 0 amide bonds. The third-order valence-corrected chi connectivity index (χ3v) is 4.67. The normalized spacial score (nSPS) is 10.6. The van der Waals surface area contributed by atoms with E-state index in [-0.39, 0.29) is 5.78 Å². The highest BCUT2D eigenvalue weighted by atomic mass is 35.5. The highest BCUT2D eigenvalue weighted by molar-refractivity contribution is 6.30. The van der Waals surface area contributed by atoms with Gasteiger partial charge in [-0.1, -0.05) is 23.7 Å². The summed E-state index contributed by atoms with van der Waals surface area (Å²) in [7, 11) is 0. The Kier molecular flexibility index (Phi) is 5.41. The van der Waals surface area contributed by atoms with E-state index >= 15 is 0 Å². The summed E-state index contributed by atoms with van der Waals surface area (Å²) in [5.74, 6) is -0.312. The number of nitrogens with one attached hydrogen (secondary N) is 1. The van der Waals surface area contributed by atoms with Gasteiger partial charge in [0.1, 0.15) is 5.82 Å². The topological polar surface area (TPSA) is 80.9 Å². The number of hydrogen-bond donors (Lipinski definition) is 2.